The van der Waals surface area contributed by atoms with Crippen LogP contribution in [0.5, 0.6) is 5.75 Å². The fourth-order valence-corrected chi connectivity index (χ4v) is 2.02. The Morgan fingerprint density at radius 1 is 1.26 bits per heavy atom. The molecule has 1 aromatic carbocycles. The zero-order chi connectivity index (χ0) is 13.7. The summed E-state index contributed by atoms with van der Waals surface area (Å²) in [6.45, 7) is 2.52. The average Bonchev–Trinajstić information content (AvgIpc) is 2.41. The van der Waals surface area contributed by atoms with Crippen LogP contribution in [0.1, 0.15) is 24.1 Å². The van der Waals surface area contributed by atoms with Gasteiger partial charge in [-0.05, 0) is 42.8 Å². The van der Waals surface area contributed by atoms with Crippen molar-refractivity contribution in [1.82, 2.24) is 4.98 Å². The van der Waals surface area contributed by atoms with Crippen molar-refractivity contribution in [3.63, 3.8) is 0 Å². The molecule has 0 amide bonds. The second-order valence-electron chi connectivity index (χ2n) is 4.42. The third-order valence-electron chi connectivity index (χ3n) is 2.86. The fraction of sp³-hybridized carbons (Fsp3) is 0.267. The van der Waals surface area contributed by atoms with Gasteiger partial charge >= 0.3 is 0 Å². The molecule has 1 heterocycles. The van der Waals surface area contributed by atoms with Crippen molar-refractivity contribution in [3.8, 4) is 5.75 Å². The van der Waals surface area contributed by atoms with Crippen molar-refractivity contribution in [3.05, 3.63) is 58.9 Å². The van der Waals surface area contributed by atoms with E-state index in [0.29, 0.717) is 11.6 Å². The number of nitrogens with two attached hydrogens (primary N) is 1. The molecule has 0 saturated carbocycles. The summed E-state index contributed by atoms with van der Waals surface area (Å²) in [4.78, 5) is 3.99. The van der Waals surface area contributed by atoms with E-state index in [0.717, 1.165) is 17.7 Å². The number of pyridine rings is 1. The van der Waals surface area contributed by atoms with Crippen molar-refractivity contribution in [2.24, 2.45) is 5.73 Å². The molecule has 1 atom stereocenters. The first-order valence-electron chi connectivity index (χ1n) is 6.23. The highest BCUT2D eigenvalue weighted by Gasteiger charge is 2.08. The lowest BCUT2D eigenvalue weighted by Gasteiger charge is -2.14. The quantitative estimate of drug-likeness (QED) is 0.911. The molecule has 0 spiro atoms. The molecule has 4 heteroatoms. The third kappa shape index (κ3) is 3.94. The molecule has 0 bridgehead atoms. The van der Waals surface area contributed by atoms with Gasteiger partial charge in [-0.25, -0.2) is 0 Å². The van der Waals surface area contributed by atoms with Crippen molar-refractivity contribution in [1.29, 1.82) is 0 Å². The molecule has 0 aliphatic rings. The van der Waals surface area contributed by atoms with Crippen LogP contribution in [0, 0.1) is 0 Å². The zero-order valence-electron chi connectivity index (χ0n) is 10.8. The van der Waals surface area contributed by atoms with Gasteiger partial charge in [0, 0.05) is 35.4 Å². The summed E-state index contributed by atoms with van der Waals surface area (Å²) in [5.41, 5.74) is 8.05. The van der Waals surface area contributed by atoms with Crippen LogP contribution in [0.3, 0.4) is 0 Å². The second kappa shape index (κ2) is 6.55. The maximum Gasteiger partial charge on any atom is 0.124 e. The minimum atomic E-state index is -0.102. The average molecular weight is 277 g/mol. The van der Waals surface area contributed by atoms with Crippen LogP contribution in [0.25, 0.3) is 0 Å². The van der Waals surface area contributed by atoms with Crippen LogP contribution in [-0.4, -0.2) is 11.6 Å². The van der Waals surface area contributed by atoms with E-state index in [1.54, 1.807) is 12.4 Å². The van der Waals surface area contributed by atoms with Crippen molar-refractivity contribution >= 4 is 11.6 Å². The zero-order valence-corrected chi connectivity index (χ0v) is 11.6. The van der Waals surface area contributed by atoms with E-state index in [2.05, 4.69) is 4.98 Å². The van der Waals surface area contributed by atoms with Gasteiger partial charge in [0.25, 0.3) is 0 Å². The monoisotopic (exact) mass is 276 g/mol. The molecule has 19 heavy (non-hydrogen) atoms. The highest BCUT2D eigenvalue weighted by atomic mass is 35.5. The number of benzene rings is 1. The molecule has 2 rings (SSSR count). The Kier molecular flexibility index (Phi) is 4.77. The first kappa shape index (κ1) is 13.8. The maximum absolute atomic E-state index is 5.97. The molecule has 0 fully saturated rings. The summed E-state index contributed by atoms with van der Waals surface area (Å²) in [5, 5.41) is 0.675. The van der Waals surface area contributed by atoms with E-state index in [-0.39, 0.29) is 6.04 Å². The molecule has 0 aliphatic carbocycles. The molecule has 0 aliphatic heterocycles. The first-order chi connectivity index (χ1) is 9.16. The molecule has 2 N–H and O–H groups in total. The standard InChI is InChI=1S/C15H17ClN2O/c1-11(17)14-10-13(16)2-3-15(14)19-9-6-12-4-7-18-8-5-12/h2-5,7-8,10-11H,6,9,17H2,1H3. The van der Waals surface area contributed by atoms with E-state index < -0.39 is 0 Å². The largest absolute Gasteiger partial charge is 0.493 e. The Labute approximate surface area is 118 Å². The molecule has 2 aromatic rings. The highest BCUT2D eigenvalue weighted by Crippen LogP contribution is 2.27. The number of ether oxygens (including phenoxy) is 1. The Hall–Kier alpha value is -1.58. The number of aromatic nitrogens is 1. The first-order valence-corrected chi connectivity index (χ1v) is 6.61. The topological polar surface area (TPSA) is 48.1 Å². The number of rotatable bonds is 5. The molecular formula is C15H17ClN2O. The van der Waals surface area contributed by atoms with Crippen molar-refractivity contribution in [2.75, 3.05) is 6.61 Å². The fourth-order valence-electron chi connectivity index (χ4n) is 1.83. The van der Waals surface area contributed by atoms with Gasteiger partial charge in [-0.15, -0.1) is 0 Å². The predicted molar refractivity (Wildman–Crippen MR) is 77.5 cm³/mol. The molecule has 1 unspecified atom stereocenters. The summed E-state index contributed by atoms with van der Waals surface area (Å²) < 4.78 is 5.80. The van der Waals surface area contributed by atoms with Crippen molar-refractivity contribution < 1.29 is 4.74 Å². The van der Waals surface area contributed by atoms with Gasteiger partial charge in [-0.1, -0.05) is 11.6 Å². The van der Waals surface area contributed by atoms with E-state index in [1.165, 1.54) is 5.56 Å². The van der Waals surface area contributed by atoms with E-state index in [1.807, 2.05) is 37.3 Å². The Morgan fingerprint density at radius 3 is 2.68 bits per heavy atom. The van der Waals surface area contributed by atoms with Gasteiger partial charge in [0.05, 0.1) is 6.61 Å². The van der Waals surface area contributed by atoms with Crippen LogP contribution in [-0.2, 0) is 6.42 Å². The lowest BCUT2D eigenvalue weighted by atomic mass is 10.1. The molecule has 0 radical (unpaired) electrons. The van der Waals surface area contributed by atoms with E-state index >= 15 is 0 Å². The van der Waals surface area contributed by atoms with Crippen LogP contribution in [0.4, 0.5) is 0 Å². The number of halogens is 1. The second-order valence-corrected chi connectivity index (χ2v) is 4.86. The summed E-state index contributed by atoms with van der Waals surface area (Å²) in [6.07, 6.45) is 4.40. The van der Waals surface area contributed by atoms with Crippen LogP contribution >= 0.6 is 11.6 Å². The van der Waals surface area contributed by atoms with Crippen molar-refractivity contribution in [2.45, 2.75) is 19.4 Å². The Bertz CT molecular complexity index is 529. The number of nitrogens with zero attached hydrogens (tertiary/aromatic N) is 1. The lowest BCUT2D eigenvalue weighted by Crippen LogP contribution is -2.09. The van der Waals surface area contributed by atoms with Gasteiger partial charge in [0.15, 0.2) is 0 Å². The summed E-state index contributed by atoms with van der Waals surface area (Å²) >= 11 is 5.97. The summed E-state index contributed by atoms with van der Waals surface area (Å²) in [7, 11) is 0. The Balaban J connectivity index is 2.00. The molecule has 3 nitrogen and oxygen atoms in total. The van der Waals surface area contributed by atoms with Gasteiger partial charge in [0.1, 0.15) is 5.75 Å². The summed E-state index contributed by atoms with van der Waals surface area (Å²) in [6, 6.07) is 9.40. The van der Waals surface area contributed by atoms with E-state index in [9.17, 15) is 0 Å². The molecule has 0 saturated heterocycles. The van der Waals surface area contributed by atoms with Gasteiger partial charge < -0.3 is 10.5 Å². The lowest BCUT2D eigenvalue weighted by molar-refractivity contribution is 0.317. The third-order valence-corrected chi connectivity index (χ3v) is 3.10. The predicted octanol–water partition coefficient (Wildman–Crippen LogP) is 3.38. The van der Waals surface area contributed by atoms with Crippen LogP contribution in [0.15, 0.2) is 42.7 Å². The minimum Gasteiger partial charge on any atom is -0.493 e. The molecular weight excluding hydrogens is 260 g/mol. The van der Waals surface area contributed by atoms with Gasteiger partial charge in [-0.2, -0.15) is 0 Å². The van der Waals surface area contributed by atoms with Crippen LogP contribution in [0.2, 0.25) is 5.02 Å². The normalized spacial score (nSPS) is 12.2. The van der Waals surface area contributed by atoms with Gasteiger partial charge in [0.2, 0.25) is 0 Å². The molecule has 100 valence electrons. The smallest absolute Gasteiger partial charge is 0.124 e. The maximum atomic E-state index is 5.97. The minimum absolute atomic E-state index is 0.102. The van der Waals surface area contributed by atoms with Gasteiger partial charge in [-0.3, -0.25) is 4.98 Å². The summed E-state index contributed by atoms with van der Waals surface area (Å²) in [5.74, 6) is 0.799. The number of hydrogen-bond donors (Lipinski definition) is 1. The number of hydrogen-bond acceptors (Lipinski definition) is 3. The SMILES string of the molecule is CC(N)c1cc(Cl)ccc1OCCc1ccncc1. The van der Waals surface area contributed by atoms with E-state index in [4.69, 9.17) is 22.1 Å². The van der Waals surface area contributed by atoms with Crippen LogP contribution < -0.4 is 10.5 Å². The Morgan fingerprint density at radius 2 is 2.00 bits per heavy atom. The molecule has 1 aromatic heterocycles. The highest BCUT2D eigenvalue weighted by molar-refractivity contribution is 6.30.